The van der Waals surface area contributed by atoms with Crippen LogP contribution in [0.5, 0.6) is 5.75 Å². The molecule has 3 aliphatic rings. The smallest absolute Gasteiger partial charge is 0.320 e. The molecule has 158 valence electrons. The highest BCUT2D eigenvalue weighted by Gasteiger charge is 2.36. The second kappa shape index (κ2) is 8.57. The molecule has 2 aliphatic heterocycles. The first-order chi connectivity index (χ1) is 14.0. The van der Waals surface area contributed by atoms with Gasteiger partial charge >= 0.3 is 6.03 Å². The zero-order valence-corrected chi connectivity index (χ0v) is 16.7. The van der Waals surface area contributed by atoms with Gasteiger partial charge in [-0.1, -0.05) is 6.42 Å². The fraction of sp³-hybridized carbons (Fsp3) is 0.619. The largest absolute Gasteiger partial charge is 0.487 e. The van der Waals surface area contributed by atoms with E-state index in [4.69, 9.17) is 10.5 Å². The number of ether oxygens (including phenoxy) is 1. The SMILES string of the molecule is NC(=O)c1ccc(OC2CN(C(=O)N3CCCN(C4CCC4)CC3)C2)cc1CF. The van der Waals surface area contributed by atoms with E-state index in [9.17, 15) is 14.0 Å². The zero-order chi connectivity index (χ0) is 20.4. The number of amides is 3. The van der Waals surface area contributed by atoms with Gasteiger partial charge in [0.15, 0.2) is 0 Å². The molecular formula is C21H29FN4O3. The van der Waals surface area contributed by atoms with Crippen molar-refractivity contribution in [3.05, 3.63) is 29.3 Å². The van der Waals surface area contributed by atoms with Crippen molar-refractivity contribution < 1.29 is 18.7 Å². The molecule has 1 saturated carbocycles. The number of benzene rings is 1. The minimum absolute atomic E-state index is 0.0776. The first kappa shape index (κ1) is 19.9. The second-order valence-corrected chi connectivity index (χ2v) is 8.21. The molecule has 2 saturated heterocycles. The lowest BCUT2D eigenvalue weighted by atomic mass is 9.91. The Morgan fingerprint density at radius 3 is 2.52 bits per heavy atom. The number of carbonyl (C=O) groups is 2. The molecule has 2 N–H and O–H groups in total. The highest BCUT2D eigenvalue weighted by molar-refractivity contribution is 5.94. The molecule has 0 bridgehead atoms. The third-order valence-electron chi connectivity index (χ3n) is 6.30. The van der Waals surface area contributed by atoms with Crippen molar-refractivity contribution in [1.82, 2.24) is 14.7 Å². The maximum absolute atomic E-state index is 13.1. The summed E-state index contributed by atoms with van der Waals surface area (Å²) in [7, 11) is 0. The lowest BCUT2D eigenvalue weighted by Gasteiger charge is -2.41. The summed E-state index contributed by atoms with van der Waals surface area (Å²) in [5.74, 6) is -0.163. The molecule has 29 heavy (non-hydrogen) atoms. The van der Waals surface area contributed by atoms with Crippen LogP contribution in [0.2, 0.25) is 0 Å². The minimum atomic E-state index is -0.780. The number of nitrogens with two attached hydrogens (primary N) is 1. The van der Waals surface area contributed by atoms with Gasteiger partial charge < -0.3 is 20.3 Å². The predicted octanol–water partition coefficient (Wildman–Crippen LogP) is 2.00. The van der Waals surface area contributed by atoms with Gasteiger partial charge in [-0.15, -0.1) is 0 Å². The first-order valence-electron chi connectivity index (χ1n) is 10.5. The summed E-state index contributed by atoms with van der Waals surface area (Å²) in [6, 6.07) is 5.41. The van der Waals surface area contributed by atoms with Crippen molar-refractivity contribution in [2.24, 2.45) is 5.73 Å². The normalized spacial score (nSPS) is 21.3. The number of carbonyl (C=O) groups excluding carboxylic acids is 2. The van der Waals surface area contributed by atoms with Gasteiger partial charge in [-0.25, -0.2) is 9.18 Å². The van der Waals surface area contributed by atoms with Gasteiger partial charge in [-0.05, 0) is 43.0 Å². The van der Waals surface area contributed by atoms with E-state index in [2.05, 4.69) is 4.90 Å². The Morgan fingerprint density at radius 2 is 1.86 bits per heavy atom. The molecule has 1 aromatic rings. The molecule has 1 aromatic carbocycles. The van der Waals surface area contributed by atoms with Crippen LogP contribution in [0.3, 0.4) is 0 Å². The number of urea groups is 1. The van der Waals surface area contributed by atoms with Gasteiger partial charge in [-0.2, -0.15) is 0 Å². The standard InChI is InChI=1S/C21H29FN4O3/c22-12-15-11-17(5-6-19(15)20(23)27)29-18-13-26(14-18)21(28)25-8-2-7-24(9-10-25)16-3-1-4-16/h5-6,11,16,18H,1-4,7-10,12-14H2,(H2,23,27). The van der Waals surface area contributed by atoms with Crippen LogP contribution in [0.4, 0.5) is 9.18 Å². The number of alkyl halides is 1. The number of likely N-dealkylation sites (tertiary alicyclic amines) is 1. The molecule has 0 unspecified atom stereocenters. The van der Waals surface area contributed by atoms with Crippen LogP contribution in [0.15, 0.2) is 18.2 Å². The number of hydrogen-bond donors (Lipinski definition) is 1. The predicted molar refractivity (Wildman–Crippen MR) is 107 cm³/mol. The average molecular weight is 404 g/mol. The van der Waals surface area contributed by atoms with E-state index >= 15 is 0 Å². The van der Waals surface area contributed by atoms with Crippen molar-refractivity contribution >= 4 is 11.9 Å². The van der Waals surface area contributed by atoms with Crippen LogP contribution < -0.4 is 10.5 Å². The van der Waals surface area contributed by atoms with Crippen molar-refractivity contribution in [2.75, 3.05) is 39.3 Å². The van der Waals surface area contributed by atoms with Crippen LogP contribution in [0.25, 0.3) is 0 Å². The molecule has 4 rings (SSSR count). The van der Waals surface area contributed by atoms with Gasteiger partial charge in [-0.3, -0.25) is 9.69 Å². The summed E-state index contributed by atoms with van der Waals surface area (Å²) in [5.41, 5.74) is 5.64. The van der Waals surface area contributed by atoms with Crippen LogP contribution in [0, 0.1) is 0 Å². The second-order valence-electron chi connectivity index (χ2n) is 8.21. The van der Waals surface area contributed by atoms with Gasteiger partial charge in [0.1, 0.15) is 18.5 Å². The van der Waals surface area contributed by atoms with E-state index in [0.717, 1.165) is 38.6 Å². The Bertz CT molecular complexity index is 764. The quantitative estimate of drug-likeness (QED) is 0.814. The molecule has 8 heteroatoms. The van der Waals surface area contributed by atoms with Crippen LogP contribution in [-0.4, -0.2) is 78.1 Å². The molecule has 0 radical (unpaired) electrons. The average Bonchev–Trinajstić information content (AvgIpc) is 2.88. The maximum atomic E-state index is 13.1. The fourth-order valence-corrected chi connectivity index (χ4v) is 4.30. The molecule has 0 spiro atoms. The number of hydrogen-bond acceptors (Lipinski definition) is 4. The maximum Gasteiger partial charge on any atom is 0.320 e. The fourth-order valence-electron chi connectivity index (χ4n) is 4.30. The zero-order valence-electron chi connectivity index (χ0n) is 16.7. The number of nitrogens with zero attached hydrogens (tertiary/aromatic N) is 3. The van der Waals surface area contributed by atoms with Gasteiger partial charge in [0, 0.05) is 37.8 Å². The molecule has 0 aromatic heterocycles. The summed E-state index contributed by atoms with van der Waals surface area (Å²) in [4.78, 5) is 30.4. The topological polar surface area (TPSA) is 79.1 Å². The summed E-state index contributed by atoms with van der Waals surface area (Å²) in [5, 5.41) is 0. The lowest BCUT2D eigenvalue weighted by Crippen LogP contribution is -2.60. The van der Waals surface area contributed by atoms with Crippen LogP contribution >= 0.6 is 0 Å². The summed E-state index contributed by atoms with van der Waals surface area (Å²) in [6.45, 7) is 3.89. The summed E-state index contributed by atoms with van der Waals surface area (Å²) in [6.07, 6.45) is 4.82. The van der Waals surface area contributed by atoms with E-state index in [1.54, 1.807) is 11.0 Å². The Labute approximate surface area is 170 Å². The van der Waals surface area contributed by atoms with Crippen LogP contribution in [-0.2, 0) is 6.67 Å². The van der Waals surface area contributed by atoms with Crippen molar-refractivity contribution in [1.29, 1.82) is 0 Å². The van der Waals surface area contributed by atoms with Gasteiger partial charge in [0.25, 0.3) is 0 Å². The number of primary amides is 1. The molecule has 7 nitrogen and oxygen atoms in total. The van der Waals surface area contributed by atoms with E-state index in [1.807, 2.05) is 4.90 Å². The van der Waals surface area contributed by atoms with E-state index < -0.39 is 12.6 Å². The van der Waals surface area contributed by atoms with E-state index in [0.29, 0.717) is 18.8 Å². The van der Waals surface area contributed by atoms with Crippen molar-refractivity contribution in [3.8, 4) is 5.75 Å². The Kier molecular flexibility index (Phi) is 5.89. The third-order valence-corrected chi connectivity index (χ3v) is 6.30. The highest BCUT2D eigenvalue weighted by Crippen LogP contribution is 2.26. The summed E-state index contributed by atoms with van der Waals surface area (Å²) >= 11 is 0. The molecule has 1 aliphatic carbocycles. The van der Waals surface area contributed by atoms with Crippen molar-refractivity contribution in [3.63, 3.8) is 0 Å². The molecule has 3 fully saturated rings. The van der Waals surface area contributed by atoms with Gasteiger partial charge in [0.05, 0.1) is 13.1 Å². The molecule has 0 atom stereocenters. The Morgan fingerprint density at radius 1 is 1.07 bits per heavy atom. The Balaban J connectivity index is 1.26. The third kappa shape index (κ3) is 4.32. The molecule has 3 amide bonds. The molecule has 2 heterocycles. The lowest BCUT2D eigenvalue weighted by molar-refractivity contribution is 0.0308. The van der Waals surface area contributed by atoms with Gasteiger partial charge in [0.2, 0.25) is 5.91 Å². The summed E-state index contributed by atoms with van der Waals surface area (Å²) < 4.78 is 19.0. The van der Waals surface area contributed by atoms with Crippen molar-refractivity contribution in [2.45, 2.75) is 44.5 Å². The first-order valence-corrected chi connectivity index (χ1v) is 10.5. The minimum Gasteiger partial charge on any atom is -0.487 e. The van der Waals surface area contributed by atoms with Crippen LogP contribution in [0.1, 0.15) is 41.6 Å². The van der Waals surface area contributed by atoms with E-state index in [1.165, 1.54) is 31.4 Å². The molecular weight excluding hydrogens is 375 g/mol. The monoisotopic (exact) mass is 404 g/mol. The van der Waals surface area contributed by atoms with E-state index in [-0.39, 0.29) is 23.3 Å². The highest BCUT2D eigenvalue weighted by atomic mass is 19.1. The number of halogens is 1. The Hall–Kier alpha value is -2.35. The number of rotatable bonds is 5.